The number of halogens is 2. The highest BCUT2D eigenvalue weighted by molar-refractivity contribution is 5.75. The van der Waals surface area contributed by atoms with Gasteiger partial charge in [0.2, 0.25) is 0 Å². The lowest BCUT2D eigenvalue weighted by Gasteiger charge is -2.05. The van der Waals surface area contributed by atoms with Crippen LogP contribution in [0.25, 0.3) is 11.0 Å². The van der Waals surface area contributed by atoms with Crippen molar-refractivity contribution in [2.45, 2.75) is 19.4 Å². The second-order valence-electron chi connectivity index (χ2n) is 3.35. The Kier molecular flexibility index (Phi) is 2.82. The van der Waals surface area contributed by atoms with E-state index >= 15 is 0 Å². The van der Waals surface area contributed by atoms with Crippen molar-refractivity contribution in [3.63, 3.8) is 0 Å². The zero-order valence-electron chi connectivity index (χ0n) is 8.40. The van der Waals surface area contributed by atoms with Gasteiger partial charge in [0.1, 0.15) is 5.82 Å². The minimum absolute atomic E-state index is 0.0431. The average Bonchev–Trinajstić information content (AvgIpc) is 2.57. The number of hydrogen-bond acceptors (Lipinski definition) is 2. The van der Waals surface area contributed by atoms with Crippen LogP contribution >= 0.6 is 0 Å². The molecule has 0 radical (unpaired) electrons. The van der Waals surface area contributed by atoms with E-state index in [0.717, 1.165) is 0 Å². The van der Waals surface area contributed by atoms with Gasteiger partial charge in [0.25, 0.3) is 6.43 Å². The van der Waals surface area contributed by atoms with Crippen LogP contribution in [0.3, 0.4) is 0 Å². The molecule has 0 aliphatic rings. The Morgan fingerprint density at radius 1 is 1.38 bits per heavy atom. The van der Waals surface area contributed by atoms with Crippen molar-refractivity contribution in [3.8, 4) is 6.07 Å². The highest BCUT2D eigenvalue weighted by atomic mass is 19.3. The van der Waals surface area contributed by atoms with Gasteiger partial charge in [0.15, 0.2) is 0 Å². The molecule has 0 N–H and O–H groups in total. The van der Waals surface area contributed by atoms with E-state index in [1.165, 1.54) is 4.57 Å². The first-order valence-corrected chi connectivity index (χ1v) is 4.81. The van der Waals surface area contributed by atoms with Crippen LogP contribution in [0.2, 0.25) is 0 Å². The summed E-state index contributed by atoms with van der Waals surface area (Å²) in [6.07, 6.45) is -2.41. The lowest BCUT2D eigenvalue weighted by atomic mass is 10.3. The molecule has 0 atom stereocenters. The Morgan fingerprint density at radius 2 is 2.12 bits per heavy atom. The first kappa shape index (κ1) is 10.6. The third kappa shape index (κ3) is 1.87. The van der Waals surface area contributed by atoms with Crippen molar-refractivity contribution in [3.05, 3.63) is 30.1 Å². The fourth-order valence-corrected chi connectivity index (χ4v) is 1.67. The fourth-order valence-electron chi connectivity index (χ4n) is 1.67. The molecule has 1 aromatic heterocycles. The normalized spacial score (nSPS) is 10.9. The molecular formula is C11H9F2N3. The monoisotopic (exact) mass is 221 g/mol. The number of nitriles is 1. The summed E-state index contributed by atoms with van der Waals surface area (Å²) >= 11 is 0. The van der Waals surface area contributed by atoms with Crippen LogP contribution in [0.5, 0.6) is 0 Å². The minimum atomic E-state index is -2.45. The summed E-state index contributed by atoms with van der Waals surface area (Å²) in [6, 6.07) is 8.96. The third-order valence-electron chi connectivity index (χ3n) is 2.29. The average molecular weight is 221 g/mol. The van der Waals surface area contributed by atoms with E-state index in [1.54, 1.807) is 24.3 Å². The maximum absolute atomic E-state index is 12.4. The number of hydrogen-bond donors (Lipinski definition) is 0. The van der Waals surface area contributed by atoms with Crippen molar-refractivity contribution in [2.75, 3.05) is 0 Å². The van der Waals surface area contributed by atoms with Crippen molar-refractivity contribution in [2.24, 2.45) is 0 Å². The van der Waals surface area contributed by atoms with Crippen molar-refractivity contribution in [1.29, 1.82) is 5.26 Å². The summed E-state index contributed by atoms with van der Waals surface area (Å²) in [6.45, 7) is -0.419. The third-order valence-corrected chi connectivity index (χ3v) is 2.29. The standard InChI is InChI=1S/C11H9F2N3/c12-10(13)7-16-9-4-2-1-3-8(9)15-11(16)5-6-14/h1-4,10H,5,7H2. The Morgan fingerprint density at radius 3 is 2.81 bits per heavy atom. The molecule has 1 aromatic carbocycles. The van der Waals surface area contributed by atoms with Crippen molar-refractivity contribution in [1.82, 2.24) is 9.55 Å². The molecule has 5 heteroatoms. The molecule has 0 amide bonds. The van der Waals surface area contributed by atoms with Gasteiger partial charge >= 0.3 is 0 Å². The Bertz CT molecular complexity index is 540. The number of nitrogens with zero attached hydrogens (tertiary/aromatic N) is 3. The number of fused-ring (bicyclic) bond motifs is 1. The predicted octanol–water partition coefficient (Wildman–Crippen LogP) is 2.37. The quantitative estimate of drug-likeness (QED) is 0.798. The maximum Gasteiger partial charge on any atom is 0.256 e. The maximum atomic E-state index is 12.4. The number of aromatic nitrogens is 2. The number of imidazole rings is 1. The molecule has 0 saturated heterocycles. The molecule has 0 unspecified atom stereocenters. The number of para-hydroxylation sites is 2. The molecule has 0 aliphatic carbocycles. The van der Waals surface area contributed by atoms with E-state index in [2.05, 4.69) is 4.98 Å². The zero-order chi connectivity index (χ0) is 11.5. The molecule has 3 nitrogen and oxygen atoms in total. The van der Waals surface area contributed by atoms with E-state index < -0.39 is 13.0 Å². The molecule has 2 aromatic rings. The molecule has 2 rings (SSSR count). The van der Waals surface area contributed by atoms with Gasteiger partial charge in [-0.25, -0.2) is 13.8 Å². The lowest BCUT2D eigenvalue weighted by molar-refractivity contribution is 0.127. The van der Waals surface area contributed by atoms with E-state index in [4.69, 9.17) is 5.26 Å². The second kappa shape index (κ2) is 4.27. The number of alkyl halides is 2. The van der Waals surface area contributed by atoms with Crippen LogP contribution in [0.15, 0.2) is 24.3 Å². The van der Waals surface area contributed by atoms with E-state index in [0.29, 0.717) is 16.9 Å². The van der Waals surface area contributed by atoms with E-state index in [9.17, 15) is 8.78 Å². The summed E-state index contributed by atoms with van der Waals surface area (Å²) in [7, 11) is 0. The summed E-state index contributed by atoms with van der Waals surface area (Å²) in [5, 5.41) is 8.61. The summed E-state index contributed by atoms with van der Waals surface area (Å²) in [4.78, 5) is 4.16. The predicted molar refractivity (Wildman–Crippen MR) is 55.1 cm³/mol. The van der Waals surface area contributed by atoms with E-state index in [-0.39, 0.29) is 6.42 Å². The first-order valence-electron chi connectivity index (χ1n) is 4.81. The van der Waals surface area contributed by atoms with Crippen LogP contribution in [0.4, 0.5) is 8.78 Å². The molecule has 0 aliphatic heterocycles. The summed E-state index contributed by atoms with van der Waals surface area (Å²) in [5.74, 6) is 0.393. The molecule has 0 spiro atoms. The molecular weight excluding hydrogens is 212 g/mol. The van der Waals surface area contributed by atoms with Gasteiger partial charge in [-0.05, 0) is 12.1 Å². The van der Waals surface area contributed by atoms with Crippen LogP contribution in [-0.2, 0) is 13.0 Å². The van der Waals surface area contributed by atoms with Gasteiger partial charge in [0, 0.05) is 0 Å². The Balaban J connectivity index is 2.56. The van der Waals surface area contributed by atoms with Crippen LogP contribution in [0, 0.1) is 11.3 Å². The zero-order valence-corrected chi connectivity index (χ0v) is 8.40. The minimum Gasteiger partial charge on any atom is -0.321 e. The van der Waals surface area contributed by atoms with Crippen LogP contribution in [-0.4, -0.2) is 16.0 Å². The first-order chi connectivity index (χ1) is 7.72. The fraction of sp³-hybridized carbons (Fsp3) is 0.273. The van der Waals surface area contributed by atoms with E-state index in [1.807, 2.05) is 6.07 Å². The summed E-state index contributed by atoms with van der Waals surface area (Å²) < 4.78 is 26.2. The van der Waals surface area contributed by atoms with Crippen molar-refractivity contribution >= 4 is 11.0 Å². The molecule has 0 saturated carbocycles. The second-order valence-corrected chi connectivity index (χ2v) is 3.35. The van der Waals surface area contributed by atoms with Crippen molar-refractivity contribution < 1.29 is 8.78 Å². The molecule has 82 valence electrons. The van der Waals surface area contributed by atoms with Gasteiger partial charge in [-0.2, -0.15) is 5.26 Å². The van der Waals surface area contributed by atoms with Gasteiger partial charge in [-0.15, -0.1) is 0 Å². The smallest absolute Gasteiger partial charge is 0.256 e. The molecule has 0 bridgehead atoms. The SMILES string of the molecule is N#CCc1nc2ccccc2n1CC(F)F. The highest BCUT2D eigenvalue weighted by Gasteiger charge is 2.13. The van der Waals surface area contributed by atoms with Gasteiger partial charge in [-0.3, -0.25) is 0 Å². The molecule has 1 heterocycles. The largest absolute Gasteiger partial charge is 0.321 e. The summed E-state index contributed by atoms with van der Waals surface area (Å²) in [5.41, 5.74) is 1.29. The van der Waals surface area contributed by atoms with Crippen LogP contribution in [0.1, 0.15) is 5.82 Å². The number of benzene rings is 1. The van der Waals surface area contributed by atoms with Crippen LogP contribution < -0.4 is 0 Å². The number of rotatable bonds is 3. The highest BCUT2D eigenvalue weighted by Crippen LogP contribution is 2.17. The lowest BCUT2D eigenvalue weighted by Crippen LogP contribution is -2.09. The Hall–Kier alpha value is -1.96. The molecule has 0 fully saturated rings. The van der Waals surface area contributed by atoms with Gasteiger partial charge in [0.05, 0.1) is 30.1 Å². The Labute approximate surface area is 90.9 Å². The van der Waals surface area contributed by atoms with Gasteiger partial charge in [-0.1, -0.05) is 12.1 Å². The molecule has 16 heavy (non-hydrogen) atoms. The topological polar surface area (TPSA) is 41.6 Å². The van der Waals surface area contributed by atoms with Gasteiger partial charge < -0.3 is 4.57 Å².